The first kappa shape index (κ1) is 15.4. The minimum Gasteiger partial charge on any atom is -0.313 e. The standard InChI is InChI=1S/C15H13BrClF2N/c1-20-15(12-8-11(18)3-4-13(12)16)7-9-6-10(17)2-5-14(9)19/h2-6,8,15,20H,7H2,1H3. The van der Waals surface area contributed by atoms with Gasteiger partial charge in [-0.2, -0.15) is 0 Å². The molecule has 0 saturated carbocycles. The summed E-state index contributed by atoms with van der Waals surface area (Å²) in [6, 6.07) is 8.68. The zero-order valence-electron chi connectivity index (χ0n) is 10.8. The normalized spacial score (nSPS) is 12.4. The quantitative estimate of drug-likeness (QED) is 0.819. The molecule has 0 fully saturated rings. The Morgan fingerprint density at radius 2 is 1.95 bits per heavy atom. The summed E-state index contributed by atoms with van der Waals surface area (Å²) in [5.74, 6) is -0.641. The van der Waals surface area contributed by atoms with Crippen molar-refractivity contribution < 1.29 is 8.78 Å². The van der Waals surface area contributed by atoms with Gasteiger partial charge in [0.05, 0.1) is 0 Å². The molecule has 0 amide bonds. The van der Waals surface area contributed by atoms with Crippen molar-refractivity contribution in [3.63, 3.8) is 0 Å². The van der Waals surface area contributed by atoms with Gasteiger partial charge >= 0.3 is 0 Å². The molecule has 0 aliphatic carbocycles. The van der Waals surface area contributed by atoms with Gasteiger partial charge in [-0.05, 0) is 61.0 Å². The fraction of sp³-hybridized carbons (Fsp3) is 0.200. The second-order valence-corrected chi connectivity index (χ2v) is 5.74. The van der Waals surface area contributed by atoms with Gasteiger partial charge < -0.3 is 5.32 Å². The van der Waals surface area contributed by atoms with E-state index >= 15 is 0 Å². The molecule has 20 heavy (non-hydrogen) atoms. The first-order valence-electron chi connectivity index (χ1n) is 6.07. The Hall–Kier alpha value is -0.970. The number of halogens is 4. The molecule has 0 aliphatic rings. The van der Waals surface area contributed by atoms with Gasteiger partial charge in [-0.15, -0.1) is 0 Å². The Labute approximate surface area is 130 Å². The van der Waals surface area contributed by atoms with Gasteiger partial charge in [0.15, 0.2) is 0 Å². The fourth-order valence-corrected chi connectivity index (χ4v) is 2.79. The molecule has 1 N–H and O–H groups in total. The summed E-state index contributed by atoms with van der Waals surface area (Å²) in [4.78, 5) is 0. The molecule has 1 unspecified atom stereocenters. The van der Waals surface area contributed by atoms with Gasteiger partial charge in [0.2, 0.25) is 0 Å². The molecule has 2 aromatic carbocycles. The van der Waals surface area contributed by atoms with E-state index in [1.807, 2.05) is 0 Å². The molecule has 0 radical (unpaired) electrons. The van der Waals surface area contributed by atoms with Crippen LogP contribution in [-0.2, 0) is 6.42 Å². The van der Waals surface area contributed by atoms with Crippen LogP contribution in [0.3, 0.4) is 0 Å². The molecule has 2 rings (SSSR count). The third-order valence-corrected chi connectivity index (χ3v) is 4.07. The van der Waals surface area contributed by atoms with Gasteiger partial charge in [-0.3, -0.25) is 0 Å². The maximum atomic E-state index is 13.8. The zero-order chi connectivity index (χ0) is 14.7. The average molecular weight is 361 g/mol. The SMILES string of the molecule is CNC(Cc1cc(Cl)ccc1F)c1cc(F)ccc1Br. The van der Waals surface area contributed by atoms with Crippen LogP contribution >= 0.6 is 27.5 Å². The van der Waals surface area contributed by atoms with E-state index < -0.39 is 0 Å². The number of nitrogens with one attached hydrogen (secondary N) is 1. The molecular formula is C15H13BrClF2N. The Kier molecular flexibility index (Phi) is 5.13. The van der Waals surface area contributed by atoms with Gasteiger partial charge in [0, 0.05) is 15.5 Å². The third-order valence-electron chi connectivity index (χ3n) is 3.11. The highest BCUT2D eigenvalue weighted by Crippen LogP contribution is 2.28. The number of hydrogen-bond acceptors (Lipinski definition) is 1. The first-order valence-corrected chi connectivity index (χ1v) is 7.24. The fourth-order valence-electron chi connectivity index (χ4n) is 2.07. The lowest BCUT2D eigenvalue weighted by molar-refractivity contribution is 0.547. The lowest BCUT2D eigenvalue weighted by atomic mass is 9.98. The van der Waals surface area contributed by atoms with Crippen LogP contribution in [0.5, 0.6) is 0 Å². The molecule has 1 nitrogen and oxygen atoms in total. The average Bonchev–Trinajstić information content (AvgIpc) is 2.42. The highest BCUT2D eigenvalue weighted by molar-refractivity contribution is 9.10. The molecule has 0 aliphatic heterocycles. The highest BCUT2D eigenvalue weighted by Gasteiger charge is 2.16. The lowest BCUT2D eigenvalue weighted by Gasteiger charge is -2.19. The number of rotatable bonds is 4. The van der Waals surface area contributed by atoms with Crippen LogP contribution in [0, 0.1) is 11.6 Å². The van der Waals surface area contributed by atoms with Crippen LogP contribution in [0.25, 0.3) is 0 Å². The summed E-state index contributed by atoms with van der Waals surface area (Å²) in [6.45, 7) is 0. The molecule has 0 aromatic heterocycles. The second kappa shape index (κ2) is 6.66. The smallest absolute Gasteiger partial charge is 0.126 e. The summed E-state index contributed by atoms with van der Waals surface area (Å²) in [7, 11) is 1.75. The molecule has 1 atom stereocenters. The van der Waals surface area contributed by atoms with Crippen LogP contribution in [0.4, 0.5) is 8.78 Å². The van der Waals surface area contributed by atoms with Crippen molar-refractivity contribution in [3.05, 3.63) is 68.7 Å². The summed E-state index contributed by atoms with van der Waals surface area (Å²) < 4.78 is 28.0. The number of likely N-dealkylation sites (N-methyl/N-ethyl adjacent to an activating group) is 1. The maximum absolute atomic E-state index is 13.8. The van der Waals surface area contributed by atoms with Crippen molar-refractivity contribution in [1.82, 2.24) is 5.32 Å². The Balaban J connectivity index is 2.33. The van der Waals surface area contributed by atoms with E-state index in [0.717, 1.165) is 10.0 Å². The van der Waals surface area contributed by atoms with Crippen LogP contribution in [-0.4, -0.2) is 7.05 Å². The van der Waals surface area contributed by atoms with Crippen LogP contribution in [0.2, 0.25) is 5.02 Å². The minimum atomic E-state index is -0.324. The van der Waals surface area contributed by atoms with E-state index in [4.69, 9.17) is 11.6 Å². The van der Waals surface area contributed by atoms with Crippen molar-refractivity contribution in [2.45, 2.75) is 12.5 Å². The summed E-state index contributed by atoms with van der Waals surface area (Å²) in [5.41, 5.74) is 1.24. The van der Waals surface area contributed by atoms with Gasteiger partial charge in [0.25, 0.3) is 0 Å². The molecule has 5 heteroatoms. The number of benzene rings is 2. The minimum absolute atomic E-state index is 0.215. The molecule has 0 heterocycles. The van der Waals surface area contributed by atoms with E-state index in [1.54, 1.807) is 19.2 Å². The Morgan fingerprint density at radius 3 is 2.65 bits per heavy atom. The molecule has 0 bridgehead atoms. The summed E-state index contributed by atoms with van der Waals surface area (Å²) in [5, 5.41) is 3.56. The van der Waals surface area contributed by atoms with Gasteiger partial charge in [-0.25, -0.2) is 8.78 Å². The van der Waals surface area contributed by atoms with E-state index in [2.05, 4.69) is 21.2 Å². The predicted octanol–water partition coefficient (Wildman–Crippen LogP) is 4.88. The van der Waals surface area contributed by atoms with Crippen molar-refractivity contribution in [2.75, 3.05) is 7.05 Å². The number of hydrogen-bond donors (Lipinski definition) is 1. The van der Waals surface area contributed by atoms with E-state index in [9.17, 15) is 8.78 Å². The molecular weight excluding hydrogens is 348 g/mol. The molecule has 0 spiro atoms. The van der Waals surface area contributed by atoms with Crippen molar-refractivity contribution in [3.8, 4) is 0 Å². The Bertz CT molecular complexity index is 619. The second-order valence-electron chi connectivity index (χ2n) is 4.45. The van der Waals surface area contributed by atoms with Gasteiger partial charge in [0.1, 0.15) is 11.6 Å². The first-order chi connectivity index (χ1) is 9.51. The third kappa shape index (κ3) is 3.57. The van der Waals surface area contributed by atoms with E-state index in [1.165, 1.54) is 24.3 Å². The zero-order valence-corrected chi connectivity index (χ0v) is 13.1. The van der Waals surface area contributed by atoms with E-state index in [-0.39, 0.29) is 17.7 Å². The van der Waals surface area contributed by atoms with Crippen LogP contribution < -0.4 is 5.32 Å². The molecule has 106 valence electrons. The topological polar surface area (TPSA) is 12.0 Å². The Morgan fingerprint density at radius 1 is 1.20 bits per heavy atom. The lowest BCUT2D eigenvalue weighted by Crippen LogP contribution is -2.20. The van der Waals surface area contributed by atoms with Crippen molar-refractivity contribution in [1.29, 1.82) is 0 Å². The maximum Gasteiger partial charge on any atom is 0.126 e. The molecule has 2 aromatic rings. The van der Waals surface area contributed by atoms with Gasteiger partial charge in [-0.1, -0.05) is 27.5 Å². The largest absolute Gasteiger partial charge is 0.313 e. The van der Waals surface area contributed by atoms with Crippen LogP contribution in [0.1, 0.15) is 17.2 Å². The summed E-state index contributed by atoms with van der Waals surface area (Å²) in [6.07, 6.45) is 0.380. The van der Waals surface area contributed by atoms with Crippen LogP contribution in [0.15, 0.2) is 40.9 Å². The monoisotopic (exact) mass is 359 g/mol. The summed E-state index contributed by atoms with van der Waals surface area (Å²) >= 11 is 9.28. The predicted molar refractivity (Wildman–Crippen MR) is 81.0 cm³/mol. The van der Waals surface area contributed by atoms with E-state index in [0.29, 0.717) is 17.0 Å². The van der Waals surface area contributed by atoms with Crippen molar-refractivity contribution in [2.24, 2.45) is 0 Å². The highest BCUT2D eigenvalue weighted by atomic mass is 79.9. The van der Waals surface area contributed by atoms with Crippen molar-refractivity contribution >= 4 is 27.5 Å². The molecule has 0 saturated heterocycles.